The predicted octanol–water partition coefficient (Wildman–Crippen LogP) is 4.38. The molecule has 0 saturated carbocycles. The fourth-order valence-corrected chi connectivity index (χ4v) is 3.89. The maximum Gasteiger partial charge on any atom is 0.223 e. The van der Waals surface area contributed by atoms with E-state index in [2.05, 4.69) is 35.1 Å². The third-order valence-corrected chi connectivity index (χ3v) is 5.08. The van der Waals surface area contributed by atoms with E-state index in [0.717, 1.165) is 41.7 Å². The van der Waals surface area contributed by atoms with Gasteiger partial charge in [0, 0.05) is 36.7 Å². The van der Waals surface area contributed by atoms with Crippen molar-refractivity contribution in [2.24, 2.45) is 5.92 Å². The Labute approximate surface area is 147 Å². The second kappa shape index (κ2) is 6.71. The summed E-state index contributed by atoms with van der Waals surface area (Å²) in [7, 11) is 0. The zero-order valence-electron chi connectivity index (χ0n) is 14.5. The molecule has 25 heavy (non-hydrogen) atoms. The lowest BCUT2D eigenvalue weighted by Gasteiger charge is -2.17. The van der Waals surface area contributed by atoms with E-state index < -0.39 is 0 Å². The number of pyridine rings is 1. The van der Waals surface area contributed by atoms with Crippen LogP contribution in [0.25, 0.3) is 22.3 Å². The first kappa shape index (κ1) is 15.9. The Morgan fingerprint density at radius 1 is 1.20 bits per heavy atom. The highest BCUT2D eigenvalue weighted by molar-refractivity contribution is 5.89. The summed E-state index contributed by atoms with van der Waals surface area (Å²) in [6.07, 6.45) is 4.76. The van der Waals surface area contributed by atoms with E-state index in [1.807, 2.05) is 29.2 Å². The van der Waals surface area contributed by atoms with Crippen molar-refractivity contribution >= 4 is 16.9 Å². The number of rotatable bonds is 5. The molecule has 0 aliphatic carbocycles. The van der Waals surface area contributed by atoms with E-state index in [4.69, 9.17) is 0 Å². The number of carbonyl (C=O) groups excluding carboxylic acids is 1. The van der Waals surface area contributed by atoms with Gasteiger partial charge in [-0.25, -0.2) is 4.98 Å². The van der Waals surface area contributed by atoms with Gasteiger partial charge in [0.05, 0.1) is 5.69 Å². The fourth-order valence-electron chi connectivity index (χ4n) is 3.89. The number of nitrogens with one attached hydrogen (secondary N) is 1. The van der Waals surface area contributed by atoms with Crippen molar-refractivity contribution in [1.29, 1.82) is 0 Å². The van der Waals surface area contributed by atoms with Gasteiger partial charge in [-0.2, -0.15) is 0 Å². The molecule has 1 aliphatic heterocycles. The van der Waals surface area contributed by atoms with Crippen LogP contribution in [0.5, 0.6) is 0 Å². The number of carbonyl (C=O) groups is 1. The minimum absolute atomic E-state index is 0.274. The van der Waals surface area contributed by atoms with Gasteiger partial charge in [-0.05, 0) is 30.0 Å². The first-order valence-electron chi connectivity index (χ1n) is 9.05. The highest BCUT2D eigenvalue weighted by Gasteiger charge is 2.30. The van der Waals surface area contributed by atoms with Crippen LogP contribution < -0.4 is 0 Å². The summed E-state index contributed by atoms with van der Waals surface area (Å²) in [6.45, 7) is 3.70. The molecule has 1 unspecified atom stereocenters. The fraction of sp³-hybridized carbons (Fsp3) is 0.333. The van der Waals surface area contributed by atoms with Gasteiger partial charge in [-0.15, -0.1) is 0 Å². The highest BCUT2D eigenvalue weighted by Crippen LogP contribution is 2.32. The van der Waals surface area contributed by atoms with Gasteiger partial charge in [-0.1, -0.05) is 43.7 Å². The van der Waals surface area contributed by atoms with Crippen LogP contribution >= 0.6 is 0 Å². The number of hydrogen-bond acceptors (Lipinski definition) is 2. The Hall–Kier alpha value is -2.62. The van der Waals surface area contributed by atoms with Crippen LogP contribution in [0.1, 0.15) is 31.7 Å². The van der Waals surface area contributed by atoms with Crippen molar-refractivity contribution in [3.8, 4) is 11.3 Å². The molecule has 1 aromatic carbocycles. The van der Waals surface area contributed by atoms with E-state index in [0.29, 0.717) is 18.9 Å². The number of nitrogens with zero attached hydrogens (tertiary/aromatic N) is 2. The van der Waals surface area contributed by atoms with Crippen LogP contribution in [-0.4, -0.2) is 27.3 Å². The Kier molecular flexibility index (Phi) is 4.26. The molecule has 1 fully saturated rings. The molecule has 4 heteroatoms. The Bertz CT molecular complexity index is 885. The summed E-state index contributed by atoms with van der Waals surface area (Å²) in [4.78, 5) is 22.4. The number of fused-ring (bicyclic) bond motifs is 1. The van der Waals surface area contributed by atoms with E-state index in [9.17, 15) is 4.79 Å². The monoisotopic (exact) mass is 333 g/mol. The van der Waals surface area contributed by atoms with Gasteiger partial charge >= 0.3 is 0 Å². The number of H-pyrrole nitrogens is 1. The molecule has 0 radical (unpaired) electrons. The Balaban J connectivity index is 1.72. The van der Waals surface area contributed by atoms with Crippen molar-refractivity contribution in [3.63, 3.8) is 0 Å². The largest absolute Gasteiger partial charge is 0.339 e. The van der Waals surface area contributed by atoms with E-state index in [1.165, 1.54) is 5.56 Å². The number of likely N-dealkylation sites (tertiary alicyclic amines) is 1. The first-order chi connectivity index (χ1) is 12.3. The minimum Gasteiger partial charge on any atom is -0.339 e. The molecule has 1 atom stereocenters. The molecule has 3 heterocycles. The van der Waals surface area contributed by atoms with Gasteiger partial charge in [0.2, 0.25) is 5.91 Å². The summed E-state index contributed by atoms with van der Waals surface area (Å²) in [5.74, 6) is 0.775. The molecule has 2 aromatic heterocycles. The van der Waals surface area contributed by atoms with Crippen molar-refractivity contribution in [3.05, 3.63) is 54.2 Å². The number of aromatic amines is 1. The van der Waals surface area contributed by atoms with Crippen LogP contribution in [0.15, 0.2) is 48.7 Å². The zero-order valence-corrected chi connectivity index (χ0v) is 14.5. The predicted molar refractivity (Wildman–Crippen MR) is 100.0 cm³/mol. The quantitative estimate of drug-likeness (QED) is 0.753. The summed E-state index contributed by atoms with van der Waals surface area (Å²) in [6, 6.07) is 14.3. The van der Waals surface area contributed by atoms with Crippen LogP contribution in [0.3, 0.4) is 0 Å². The van der Waals surface area contributed by atoms with Crippen molar-refractivity contribution in [1.82, 2.24) is 14.9 Å². The lowest BCUT2D eigenvalue weighted by molar-refractivity contribution is -0.128. The number of amides is 1. The molecule has 4 rings (SSSR count). The van der Waals surface area contributed by atoms with Crippen LogP contribution in [0, 0.1) is 5.92 Å². The first-order valence-corrected chi connectivity index (χ1v) is 9.05. The van der Waals surface area contributed by atoms with Crippen LogP contribution in [0.2, 0.25) is 0 Å². The normalized spacial score (nSPS) is 17.6. The lowest BCUT2D eigenvalue weighted by Crippen LogP contribution is -2.24. The van der Waals surface area contributed by atoms with Gasteiger partial charge < -0.3 is 9.88 Å². The third kappa shape index (κ3) is 3.04. The summed E-state index contributed by atoms with van der Waals surface area (Å²) >= 11 is 0. The van der Waals surface area contributed by atoms with Gasteiger partial charge in [0.15, 0.2) is 0 Å². The second-order valence-corrected chi connectivity index (χ2v) is 6.88. The molecule has 1 N–H and O–H groups in total. The third-order valence-electron chi connectivity index (χ3n) is 5.08. The van der Waals surface area contributed by atoms with Crippen molar-refractivity contribution in [2.75, 3.05) is 6.54 Å². The average Bonchev–Trinajstić information content (AvgIpc) is 3.17. The molecule has 128 valence electrons. The van der Waals surface area contributed by atoms with E-state index in [-0.39, 0.29) is 5.91 Å². The van der Waals surface area contributed by atoms with Crippen molar-refractivity contribution in [2.45, 2.75) is 32.7 Å². The molecule has 1 aliphatic rings. The number of hydrogen-bond donors (Lipinski definition) is 1. The molecule has 4 nitrogen and oxygen atoms in total. The molecule has 0 spiro atoms. The van der Waals surface area contributed by atoms with E-state index in [1.54, 1.807) is 6.20 Å². The van der Waals surface area contributed by atoms with E-state index >= 15 is 0 Å². The summed E-state index contributed by atoms with van der Waals surface area (Å²) < 4.78 is 0. The molecule has 1 saturated heterocycles. The van der Waals surface area contributed by atoms with Crippen LogP contribution in [-0.2, 0) is 11.3 Å². The van der Waals surface area contributed by atoms with Gasteiger partial charge in [0.25, 0.3) is 0 Å². The summed E-state index contributed by atoms with van der Waals surface area (Å²) in [5.41, 5.74) is 4.25. The standard InChI is InChI=1S/C21H23N3O/c1-2-7-15-12-19(25)24(13-15)14-18-17-10-6-11-22-21(17)23-20(18)16-8-4-3-5-9-16/h3-6,8-11,15H,2,7,12-14H2,1H3,(H,22,23). The molecular formula is C21H23N3O. The molecule has 0 bridgehead atoms. The SMILES string of the molecule is CCCC1CC(=O)N(Cc2c(-c3ccccc3)[nH]c3ncccc23)C1. The number of benzene rings is 1. The number of aromatic nitrogens is 2. The maximum absolute atomic E-state index is 12.5. The molecular weight excluding hydrogens is 310 g/mol. The Morgan fingerprint density at radius 2 is 2.04 bits per heavy atom. The summed E-state index contributed by atoms with van der Waals surface area (Å²) in [5, 5.41) is 1.10. The average molecular weight is 333 g/mol. The smallest absolute Gasteiger partial charge is 0.223 e. The second-order valence-electron chi connectivity index (χ2n) is 6.88. The highest BCUT2D eigenvalue weighted by atomic mass is 16.2. The van der Waals surface area contributed by atoms with Crippen molar-refractivity contribution < 1.29 is 4.79 Å². The van der Waals surface area contributed by atoms with Crippen LogP contribution in [0.4, 0.5) is 0 Å². The van der Waals surface area contributed by atoms with Gasteiger partial charge in [-0.3, -0.25) is 4.79 Å². The maximum atomic E-state index is 12.5. The lowest BCUT2D eigenvalue weighted by atomic mass is 10.0. The Morgan fingerprint density at radius 3 is 2.84 bits per heavy atom. The topological polar surface area (TPSA) is 49.0 Å². The van der Waals surface area contributed by atoms with Gasteiger partial charge in [0.1, 0.15) is 5.65 Å². The molecule has 3 aromatic rings. The molecule has 1 amide bonds. The zero-order chi connectivity index (χ0) is 17.2. The minimum atomic E-state index is 0.274.